The second-order valence-electron chi connectivity index (χ2n) is 12.7. The Morgan fingerprint density at radius 2 is 1.90 bits per heavy atom. The zero-order valence-corrected chi connectivity index (χ0v) is 26.9. The number of carbonyl (C=O) groups is 1. The molecule has 2 atom stereocenters. The van der Waals surface area contributed by atoms with Gasteiger partial charge in [-0.25, -0.2) is 13.8 Å². The predicted molar refractivity (Wildman–Crippen MR) is 179 cm³/mol. The van der Waals surface area contributed by atoms with Crippen molar-refractivity contribution in [2.45, 2.75) is 57.5 Å². The molecule has 0 spiro atoms. The summed E-state index contributed by atoms with van der Waals surface area (Å²) in [5.41, 5.74) is 6.24. The molecule has 2 aromatic carbocycles. The number of pyridine rings is 2. The number of halogens is 2. The van der Waals surface area contributed by atoms with E-state index in [0.717, 1.165) is 73.7 Å². The minimum absolute atomic E-state index is 0.0314. The predicted octanol–water partition coefficient (Wildman–Crippen LogP) is 8.17. The Morgan fingerprint density at radius 3 is 2.73 bits per heavy atom. The topological polar surface area (TPSA) is 97.0 Å². The molecular formula is C37H30F2N6O2S. The van der Waals surface area contributed by atoms with Gasteiger partial charge in [0.2, 0.25) is 11.8 Å². The lowest BCUT2D eigenvalue weighted by molar-refractivity contribution is 0.0776. The highest BCUT2D eigenvalue weighted by molar-refractivity contribution is 7.23. The molecule has 9 rings (SSSR count). The van der Waals surface area contributed by atoms with Gasteiger partial charge in [0.05, 0.1) is 39.3 Å². The van der Waals surface area contributed by atoms with Crippen LogP contribution in [0.1, 0.15) is 75.7 Å². The molecule has 240 valence electrons. The molecule has 0 saturated carbocycles. The van der Waals surface area contributed by atoms with E-state index < -0.39 is 0 Å². The molecule has 1 saturated heterocycles. The molecule has 3 aliphatic rings. The van der Waals surface area contributed by atoms with E-state index in [1.165, 1.54) is 18.2 Å². The van der Waals surface area contributed by atoms with Gasteiger partial charge in [0.15, 0.2) is 0 Å². The summed E-state index contributed by atoms with van der Waals surface area (Å²) in [6.45, 7) is 2.43. The highest BCUT2D eigenvalue weighted by Crippen LogP contribution is 2.50. The second-order valence-corrected chi connectivity index (χ2v) is 13.8. The van der Waals surface area contributed by atoms with Crippen LogP contribution < -0.4 is 5.32 Å². The first-order chi connectivity index (χ1) is 23.4. The third kappa shape index (κ3) is 4.70. The fourth-order valence-corrected chi connectivity index (χ4v) is 8.80. The average Bonchev–Trinajstić information content (AvgIpc) is 3.92. The first kappa shape index (κ1) is 29.1. The molecule has 6 aromatic rings. The van der Waals surface area contributed by atoms with Gasteiger partial charge in [0.1, 0.15) is 17.5 Å². The van der Waals surface area contributed by atoms with Gasteiger partial charge in [0, 0.05) is 30.1 Å². The van der Waals surface area contributed by atoms with Gasteiger partial charge in [0.25, 0.3) is 5.91 Å². The van der Waals surface area contributed by atoms with Crippen molar-refractivity contribution in [2.24, 2.45) is 0 Å². The van der Waals surface area contributed by atoms with Crippen LogP contribution in [-0.2, 0) is 19.3 Å². The molecule has 0 unspecified atom stereocenters. The molecule has 1 amide bonds. The van der Waals surface area contributed by atoms with Crippen LogP contribution in [0.25, 0.3) is 32.0 Å². The van der Waals surface area contributed by atoms with Crippen molar-refractivity contribution in [3.63, 3.8) is 0 Å². The quantitative estimate of drug-likeness (QED) is 0.185. The number of nitrogens with one attached hydrogen (secondary N) is 1. The van der Waals surface area contributed by atoms with Crippen molar-refractivity contribution < 1.29 is 18.0 Å². The van der Waals surface area contributed by atoms with Crippen LogP contribution in [0.4, 0.5) is 14.6 Å². The van der Waals surface area contributed by atoms with E-state index in [2.05, 4.69) is 21.6 Å². The lowest BCUT2D eigenvalue weighted by atomic mass is 9.93. The summed E-state index contributed by atoms with van der Waals surface area (Å²) in [6, 6.07) is 15.7. The van der Waals surface area contributed by atoms with Crippen molar-refractivity contribution in [3.05, 3.63) is 112 Å². The Balaban J connectivity index is 1.21. The maximum atomic E-state index is 14.5. The van der Waals surface area contributed by atoms with E-state index in [1.54, 1.807) is 42.7 Å². The number of hydrogen-bond acceptors (Lipinski definition) is 8. The number of aryl methyl sites for hydroxylation is 3. The molecular weight excluding hydrogens is 631 g/mol. The fourth-order valence-electron chi connectivity index (χ4n) is 7.63. The molecule has 0 radical (unpaired) electrons. The third-order valence-corrected chi connectivity index (χ3v) is 11.0. The number of thiophene rings is 1. The Bertz CT molecular complexity index is 2250. The van der Waals surface area contributed by atoms with Gasteiger partial charge >= 0.3 is 0 Å². The summed E-state index contributed by atoms with van der Waals surface area (Å²) in [6.07, 6.45) is 6.14. The van der Waals surface area contributed by atoms with Gasteiger partial charge in [-0.3, -0.25) is 9.78 Å². The van der Waals surface area contributed by atoms with Crippen LogP contribution in [0.15, 0.2) is 65.2 Å². The minimum atomic E-state index is -0.282. The fraction of sp³-hybridized carbons (Fsp3) is 0.270. The number of anilines is 1. The van der Waals surface area contributed by atoms with Crippen molar-refractivity contribution in [2.75, 3.05) is 11.9 Å². The Kier molecular flexibility index (Phi) is 6.86. The second kappa shape index (κ2) is 11.3. The maximum absolute atomic E-state index is 14.5. The first-order valence-corrected chi connectivity index (χ1v) is 17.1. The number of fused-ring (bicyclic) bond motifs is 5. The van der Waals surface area contributed by atoms with E-state index in [0.29, 0.717) is 48.7 Å². The van der Waals surface area contributed by atoms with Crippen LogP contribution >= 0.6 is 11.3 Å². The molecule has 48 heavy (non-hydrogen) atoms. The van der Waals surface area contributed by atoms with Gasteiger partial charge < -0.3 is 14.6 Å². The summed E-state index contributed by atoms with van der Waals surface area (Å²) >= 11 is 1.55. The Labute approximate surface area is 278 Å². The van der Waals surface area contributed by atoms with Crippen LogP contribution in [-0.4, -0.2) is 37.5 Å². The molecule has 11 heteroatoms. The van der Waals surface area contributed by atoms with Crippen LogP contribution in [0.2, 0.25) is 0 Å². The molecule has 2 aliphatic heterocycles. The average molecular weight is 661 g/mol. The molecule has 1 aliphatic carbocycles. The van der Waals surface area contributed by atoms with Gasteiger partial charge in [-0.05, 0) is 90.9 Å². The van der Waals surface area contributed by atoms with Crippen LogP contribution in [0.5, 0.6) is 0 Å². The normalized spacial score (nSPS) is 18.1. The molecule has 1 N–H and O–H groups in total. The van der Waals surface area contributed by atoms with Crippen molar-refractivity contribution >= 4 is 33.1 Å². The lowest BCUT2D eigenvalue weighted by Crippen LogP contribution is -2.22. The SMILES string of the molecule is Cc1nnc(-c2c(CCc3ccc(F)cc3)nc3c(c2-c2cc4ccnc(N[C@@H]5CCc6c(F)cccc65)c4s2)C(=O)N2CCC[C@H]32)o1. The van der Waals surface area contributed by atoms with Crippen LogP contribution in [0, 0.1) is 18.6 Å². The smallest absolute Gasteiger partial charge is 0.257 e. The number of hydrogen-bond donors (Lipinski definition) is 1. The van der Waals surface area contributed by atoms with Crippen molar-refractivity contribution in [1.82, 2.24) is 25.1 Å². The molecule has 0 bridgehead atoms. The Hall–Kier alpha value is -5.03. The summed E-state index contributed by atoms with van der Waals surface area (Å²) in [5, 5.41) is 13.2. The third-order valence-electron chi connectivity index (χ3n) is 9.85. The lowest BCUT2D eigenvalue weighted by Gasteiger charge is -2.16. The minimum Gasteiger partial charge on any atom is -0.421 e. The monoisotopic (exact) mass is 660 g/mol. The highest BCUT2D eigenvalue weighted by Gasteiger charge is 2.45. The van der Waals surface area contributed by atoms with E-state index in [1.807, 2.05) is 17.0 Å². The number of amides is 1. The molecule has 8 nitrogen and oxygen atoms in total. The van der Waals surface area contributed by atoms with Gasteiger partial charge in [-0.2, -0.15) is 0 Å². The van der Waals surface area contributed by atoms with Gasteiger partial charge in [-0.15, -0.1) is 21.5 Å². The Morgan fingerprint density at radius 1 is 1.02 bits per heavy atom. The number of aromatic nitrogens is 4. The zero-order chi connectivity index (χ0) is 32.5. The summed E-state index contributed by atoms with van der Waals surface area (Å²) in [5.74, 6) is 0.956. The highest BCUT2D eigenvalue weighted by atomic mass is 32.1. The number of carbonyl (C=O) groups excluding carboxylic acids is 1. The number of benzene rings is 2. The standard InChI is InChI=1S/C37H30F2N6O2S/c1-19-43-44-36(47-19)30-27(13-9-20-7-10-22(38)11-8-20)41-33-28-6-3-17-45(28)37(46)32(33)31(30)29-18-21-15-16-40-35(34(21)48-29)42-26-14-12-23-24(26)4-2-5-25(23)39/h2,4-5,7-8,10-11,15-16,18,26,28H,3,6,9,12-14,17H2,1H3,(H,40,42)/t26-,28-/m1/s1. The maximum Gasteiger partial charge on any atom is 0.257 e. The molecule has 1 fully saturated rings. The van der Waals surface area contributed by atoms with Crippen LogP contribution in [0.3, 0.4) is 0 Å². The summed E-state index contributed by atoms with van der Waals surface area (Å²) < 4.78 is 35.3. The zero-order valence-electron chi connectivity index (χ0n) is 26.1. The van der Waals surface area contributed by atoms with Gasteiger partial charge in [-0.1, -0.05) is 24.3 Å². The van der Waals surface area contributed by atoms with E-state index >= 15 is 0 Å². The molecule has 6 heterocycles. The number of nitrogens with zero attached hydrogens (tertiary/aromatic N) is 5. The van der Waals surface area contributed by atoms with Crippen molar-refractivity contribution in [1.29, 1.82) is 0 Å². The van der Waals surface area contributed by atoms with E-state index in [9.17, 15) is 13.6 Å². The number of rotatable bonds is 7. The first-order valence-electron chi connectivity index (χ1n) is 16.3. The largest absolute Gasteiger partial charge is 0.421 e. The summed E-state index contributed by atoms with van der Waals surface area (Å²) in [4.78, 5) is 26.9. The van der Waals surface area contributed by atoms with E-state index in [-0.39, 0.29) is 29.6 Å². The summed E-state index contributed by atoms with van der Waals surface area (Å²) in [7, 11) is 0. The molecule has 4 aromatic heterocycles. The van der Waals surface area contributed by atoms with E-state index in [4.69, 9.17) is 14.4 Å². The van der Waals surface area contributed by atoms with Crippen molar-refractivity contribution in [3.8, 4) is 21.9 Å².